The lowest BCUT2D eigenvalue weighted by Gasteiger charge is -2.20. The molecule has 0 unspecified atom stereocenters. The molecule has 94 valence electrons. The summed E-state index contributed by atoms with van der Waals surface area (Å²) < 4.78 is 12.8. The molecule has 2 rings (SSSR count). The highest BCUT2D eigenvalue weighted by molar-refractivity contribution is 8.03. The van der Waals surface area contributed by atoms with E-state index >= 15 is 0 Å². The van der Waals surface area contributed by atoms with Crippen LogP contribution < -0.4 is 0 Å². The molecule has 1 nitrogen and oxygen atoms in total. The predicted octanol–water partition coefficient (Wildman–Crippen LogP) is 4.03. The van der Waals surface area contributed by atoms with Crippen molar-refractivity contribution in [2.24, 2.45) is 0 Å². The first-order valence-corrected chi connectivity index (χ1v) is 8.42. The van der Waals surface area contributed by atoms with Crippen molar-refractivity contribution in [3.8, 4) is 0 Å². The molecule has 0 N–H and O–H groups in total. The fraction of sp³-hybridized carbons (Fsp3) is 0.600. The smallest absolute Gasteiger partial charge is 0.0997 e. The van der Waals surface area contributed by atoms with Crippen molar-refractivity contribution >= 4 is 9.93 Å². The topological polar surface area (TPSA) is 17.1 Å². The van der Waals surface area contributed by atoms with Crippen LogP contribution in [0.1, 0.15) is 45.6 Å². The summed E-state index contributed by atoms with van der Waals surface area (Å²) >= 11 is 0. The van der Waals surface area contributed by atoms with Crippen LogP contribution in [0.4, 0.5) is 0 Å². The van der Waals surface area contributed by atoms with E-state index in [0.717, 1.165) is 29.2 Å². The maximum absolute atomic E-state index is 12.8. The summed E-state index contributed by atoms with van der Waals surface area (Å²) in [7, 11) is -1.73. The van der Waals surface area contributed by atoms with Gasteiger partial charge in [0.25, 0.3) is 0 Å². The van der Waals surface area contributed by atoms with E-state index < -0.39 is 9.93 Å². The Kier molecular flexibility index (Phi) is 3.44. The van der Waals surface area contributed by atoms with Gasteiger partial charge in [0, 0.05) is 0 Å². The van der Waals surface area contributed by atoms with E-state index in [9.17, 15) is 4.21 Å². The van der Waals surface area contributed by atoms with Crippen molar-refractivity contribution in [2.75, 3.05) is 11.5 Å². The molecule has 1 aromatic rings. The van der Waals surface area contributed by atoms with E-state index in [-0.39, 0.29) is 5.41 Å². The van der Waals surface area contributed by atoms with Gasteiger partial charge in [0.15, 0.2) is 4.90 Å². The van der Waals surface area contributed by atoms with Gasteiger partial charge in [-0.15, -0.1) is 0 Å². The summed E-state index contributed by atoms with van der Waals surface area (Å²) in [5.74, 6) is 1.78. The molecule has 0 spiro atoms. The molecule has 1 fully saturated rings. The lowest BCUT2D eigenvalue weighted by atomic mass is 9.87. The zero-order valence-electron chi connectivity index (χ0n) is 11.2. The van der Waals surface area contributed by atoms with Crippen LogP contribution in [-0.4, -0.2) is 11.5 Å². The van der Waals surface area contributed by atoms with Gasteiger partial charge in [-0.3, -0.25) is 0 Å². The monoisotopic (exact) mass is 251 g/mol. The number of rotatable bonds is 1. The van der Waals surface area contributed by atoms with Crippen LogP contribution in [0.5, 0.6) is 0 Å². The number of hydrogen-bond acceptors (Lipinski definition) is 1. The predicted molar refractivity (Wildman–Crippen MR) is 75.0 cm³/mol. The molecule has 1 heterocycles. The highest BCUT2D eigenvalue weighted by Gasteiger charge is 2.33. The maximum Gasteiger partial charge on any atom is 0.158 e. The molecule has 0 bridgehead atoms. The molecule has 1 aliphatic rings. The van der Waals surface area contributed by atoms with Gasteiger partial charge in [-0.1, -0.05) is 37.1 Å². The summed E-state index contributed by atoms with van der Waals surface area (Å²) in [6.45, 7) is 6.63. The van der Waals surface area contributed by atoms with E-state index in [0.29, 0.717) is 0 Å². The first-order valence-electron chi connectivity index (χ1n) is 6.52. The second kappa shape index (κ2) is 4.56. The summed E-state index contributed by atoms with van der Waals surface area (Å²) in [4.78, 5) is 1.07. The van der Waals surface area contributed by atoms with Crippen LogP contribution in [0.2, 0.25) is 0 Å². The van der Waals surface area contributed by atoms with E-state index in [2.05, 4.69) is 45.0 Å². The van der Waals surface area contributed by atoms with E-state index in [1.807, 2.05) is 0 Å². The Balaban J connectivity index is 2.26. The molecule has 0 aliphatic carbocycles. The van der Waals surface area contributed by atoms with E-state index in [4.69, 9.17) is 0 Å². The molecular weight excluding hydrogens is 228 g/mol. The summed E-state index contributed by atoms with van der Waals surface area (Å²) in [6, 6.07) is 8.48. The minimum Gasteiger partial charge on any atom is -0.0997 e. The molecule has 2 heteroatoms. The molecule has 1 aromatic carbocycles. The van der Waals surface area contributed by atoms with E-state index in [1.54, 1.807) is 0 Å². The second-order valence-corrected chi connectivity index (χ2v) is 8.97. The normalized spacial score (nSPS) is 20.2. The van der Waals surface area contributed by atoms with Crippen LogP contribution in [0, 0.1) is 0 Å². The van der Waals surface area contributed by atoms with Crippen molar-refractivity contribution in [1.29, 1.82) is 0 Å². The summed E-state index contributed by atoms with van der Waals surface area (Å²) in [5, 5.41) is 0. The van der Waals surface area contributed by atoms with Crippen LogP contribution >= 0.6 is 0 Å². The Morgan fingerprint density at radius 2 is 1.47 bits per heavy atom. The minimum atomic E-state index is -1.73. The van der Waals surface area contributed by atoms with E-state index in [1.165, 1.54) is 12.0 Å². The lowest BCUT2D eigenvalue weighted by molar-refractivity contribution is 0.569. The van der Waals surface area contributed by atoms with Crippen LogP contribution in [0.25, 0.3) is 0 Å². The third-order valence-electron chi connectivity index (χ3n) is 3.60. The zero-order valence-corrected chi connectivity index (χ0v) is 12.0. The molecule has 17 heavy (non-hydrogen) atoms. The van der Waals surface area contributed by atoms with Gasteiger partial charge in [0.2, 0.25) is 0 Å². The Morgan fingerprint density at radius 1 is 0.941 bits per heavy atom. The third kappa shape index (κ3) is 2.79. The van der Waals surface area contributed by atoms with Crippen LogP contribution in [-0.2, 0) is 19.6 Å². The molecule has 0 radical (unpaired) electrons. The number of benzene rings is 1. The largest absolute Gasteiger partial charge is 0.158 e. The molecule has 1 saturated heterocycles. The second-order valence-electron chi connectivity index (χ2n) is 6.06. The van der Waals surface area contributed by atoms with Crippen molar-refractivity contribution in [2.45, 2.75) is 50.3 Å². The molecule has 0 atom stereocenters. The molecule has 0 aromatic heterocycles. The quantitative estimate of drug-likeness (QED) is 0.689. The highest BCUT2D eigenvalue weighted by Crippen LogP contribution is 2.29. The van der Waals surface area contributed by atoms with Crippen LogP contribution in [0.15, 0.2) is 29.2 Å². The number of hydrogen-bond donors (Lipinski definition) is 0. The maximum atomic E-state index is 12.8. The van der Waals surface area contributed by atoms with Crippen molar-refractivity contribution in [1.82, 2.24) is 0 Å². The van der Waals surface area contributed by atoms with Gasteiger partial charge < -0.3 is 0 Å². The Bertz CT molecular complexity index is 415. The first kappa shape index (κ1) is 12.8. The van der Waals surface area contributed by atoms with Gasteiger partial charge in [0.1, 0.15) is 21.4 Å². The summed E-state index contributed by atoms with van der Waals surface area (Å²) in [5.41, 5.74) is 1.50. The first-order chi connectivity index (χ1) is 7.92. The average Bonchev–Trinajstić information content (AvgIpc) is 2.29. The minimum absolute atomic E-state index is 0.177. The lowest BCUT2D eigenvalue weighted by Crippen LogP contribution is -2.24. The van der Waals surface area contributed by atoms with Crippen molar-refractivity contribution in [3.63, 3.8) is 0 Å². The summed E-state index contributed by atoms with van der Waals surface area (Å²) in [6.07, 6.45) is 3.50. The van der Waals surface area contributed by atoms with Gasteiger partial charge in [-0.05, 0) is 42.4 Å². The molecular formula is C15H23OS+. The van der Waals surface area contributed by atoms with Gasteiger partial charge in [-0.25, -0.2) is 0 Å². The van der Waals surface area contributed by atoms with Crippen molar-refractivity contribution in [3.05, 3.63) is 29.8 Å². The van der Waals surface area contributed by atoms with Gasteiger partial charge in [0.05, 0.1) is 0 Å². The Hall–Kier alpha value is -0.630. The average molecular weight is 251 g/mol. The van der Waals surface area contributed by atoms with Gasteiger partial charge in [-0.2, -0.15) is 0 Å². The molecule has 0 saturated carbocycles. The Morgan fingerprint density at radius 3 is 1.94 bits per heavy atom. The SMILES string of the molecule is CC(C)(C)c1ccc([S+]2(=O)CCCCC2)cc1. The standard InChI is InChI=1S/C15H23OS/c1-15(2,3)13-7-9-14(10-8-13)17(16)11-5-4-6-12-17/h7-10H,4-6,11-12H2,1-3H3/q+1. The highest BCUT2D eigenvalue weighted by atomic mass is 32.2. The zero-order chi connectivity index (χ0) is 12.5. The van der Waals surface area contributed by atoms with Gasteiger partial charge >= 0.3 is 0 Å². The fourth-order valence-electron chi connectivity index (χ4n) is 2.39. The molecule has 0 amide bonds. The molecule has 1 aliphatic heterocycles. The fourth-order valence-corrected chi connectivity index (χ4v) is 5.04. The van der Waals surface area contributed by atoms with Crippen molar-refractivity contribution < 1.29 is 4.21 Å². The Labute approximate surface area is 106 Å². The van der Waals surface area contributed by atoms with Crippen LogP contribution in [0.3, 0.4) is 0 Å². The third-order valence-corrected chi connectivity index (χ3v) is 6.63.